The van der Waals surface area contributed by atoms with Crippen molar-refractivity contribution in [3.8, 4) is 0 Å². The predicted molar refractivity (Wildman–Crippen MR) is 67.2 cm³/mol. The molecule has 0 aliphatic carbocycles. The number of thiazole rings is 1. The normalized spacial score (nSPS) is 21.4. The Balaban J connectivity index is 1.97. The fourth-order valence-electron chi connectivity index (χ4n) is 1.99. The Morgan fingerprint density at radius 1 is 1.38 bits per heavy atom. The summed E-state index contributed by atoms with van der Waals surface area (Å²) in [7, 11) is 0. The maximum atomic E-state index is 5.96. The second-order valence-electron chi connectivity index (χ2n) is 4.02. The maximum absolute atomic E-state index is 5.96. The molecule has 2 heterocycles. The summed E-state index contributed by atoms with van der Waals surface area (Å²) in [6.07, 6.45) is 3.70. The fraction of sp³-hybridized carbons (Fsp3) is 0.417. The first-order chi connectivity index (χ1) is 7.83. The van der Waals surface area contributed by atoms with Gasteiger partial charge in [0.15, 0.2) is 0 Å². The molecule has 0 N–H and O–H groups in total. The van der Waals surface area contributed by atoms with Gasteiger partial charge < -0.3 is 4.74 Å². The van der Waals surface area contributed by atoms with Crippen LogP contribution < -0.4 is 0 Å². The molecule has 3 rings (SSSR count). The SMILES string of the molecule is Clc1ccc2nc(C3CCCCO3)sc2c1. The quantitative estimate of drug-likeness (QED) is 0.760. The van der Waals surface area contributed by atoms with E-state index in [4.69, 9.17) is 16.3 Å². The Morgan fingerprint density at radius 2 is 2.31 bits per heavy atom. The van der Waals surface area contributed by atoms with Gasteiger partial charge in [-0.3, -0.25) is 0 Å². The maximum Gasteiger partial charge on any atom is 0.123 e. The van der Waals surface area contributed by atoms with Crippen LogP contribution in [0.3, 0.4) is 0 Å². The van der Waals surface area contributed by atoms with E-state index in [9.17, 15) is 0 Å². The van der Waals surface area contributed by atoms with Crippen molar-refractivity contribution < 1.29 is 4.74 Å². The Bertz CT molecular complexity index is 505. The van der Waals surface area contributed by atoms with Crippen LogP contribution in [0.15, 0.2) is 18.2 Å². The van der Waals surface area contributed by atoms with Crippen molar-refractivity contribution in [2.45, 2.75) is 25.4 Å². The first-order valence-electron chi connectivity index (χ1n) is 5.50. The number of benzene rings is 1. The van der Waals surface area contributed by atoms with Gasteiger partial charge >= 0.3 is 0 Å². The lowest BCUT2D eigenvalue weighted by molar-refractivity contribution is 0.0149. The molecule has 84 valence electrons. The van der Waals surface area contributed by atoms with E-state index in [2.05, 4.69) is 4.98 Å². The number of fused-ring (bicyclic) bond motifs is 1. The molecule has 0 amide bonds. The van der Waals surface area contributed by atoms with Crippen LogP contribution in [0.25, 0.3) is 10.2 Å². The molecule has 1 aromatic carbocycles. The van der Waals surface area contributed by atoms with Crippen LogP contribution in [-0.2, 0) is 4.74 Å². The molecule has 0 saturated carbocycles. The summed E-state index contributed by atoms with van der Waals surface area (Å²) in [6, 6.07) is 5.83. The fourth-order valence-corrected chi connectivity index (χ4v) is 3.32. The minimum absolute atomic E-state index is 0.199. The molecular weight excluding hydrogens is 242 g/mol. The highest BCUT2D eigenvalue weighted by molar-refractivity contribution is 7.18. The van der Waals surface area contributed by atoms with E-state index in [1.807, 2.05) is 18.2 Å². The first kappa shape index (κ1) is 10.5. The third-order valence-electron chi connectivity index (χ3n) is 2.82. The minimum atomic E-state index is 0.199. The summed E-state index contributed by atoms with van der Waals surface area (Å²) in [6.45, 7) is 0.862. The Kier molecular flexibility index (Phi) is 2.84. The molecule has 4 heteroatoms. The van der Waals surface area contributed by atoms with E-state index >= 15 is 0 Å². The molecule has 2 nitrogen and oxygen atoms in total. The summed E-state index contributed by atoms with van der Waals surface area (Å²) in [5.74, 6) is 0. The third-order valence-corrected chi connectivity index (χ3v) is 4.17. The zero-order chi connectivity index (χ0) is 11.0. The largest absolute Gasteiger partial charge is 0.371 e. The van der Waals surface area contributed by atoms with Gasteiger partial charge in [-0.2, -0.15) is 0 Å². The molecule has 0 radical (unpaired) electrons. The molecule has 1 aromatic heterocycles. The number of hydrogen-bond acceptors (Lipinski definition) is 3. The van der Waals surface area contributed by atoms with Gasteiger partial charge in [0.2, 0.25) is 0 Å². The van der Waals surface area contributed by atoms with Crippen molar-refractivity contribution in [1.29, 1.82) is 0 Å². The lowest BCUT2D eigenvalue weighted by Gasteiger charge is -2.20. The van der Waals surface area contributed by atoms with Crippen molar-refractivity contribution >= 4 is 33.2 Å². The molecule has 16 heavy (non-hydrogen) atoms. The predicted octanol–water partition coefficient (Wildman–Crippen LogP) is 4.19. The Morgan fingerprint density at radius 3 is 3.12 bits per heavy atom. The number of rotatable bonds is 1. The average Bonchev–Trinajstić information content (AvgIpc) is 2.73. The summed E-state index contributed by atoms with van der Waals surface area (Å²) in [5, 5.41) is 1.87. The van der Waals surface area contributed by atoms with Gasteiger partial charge in [0.25, 0.3) is 0 Å². The lowest BCUT2D eigenvalue weighted by Crippen LogP contribution is -2.10. The van der Waals surface area contributed by atoms with E-state index in [1.54, 1.807) is 11.3 Å². The average molecular weight is 254 g/mol. The highest BCUT2D eigenvalue weighted by Crippen LogP contribution is 2.34. The molecule has 2 aromatic rings. The Labute approximate surface area is 103 Å². The second-order valence-corrected chi connectivity index (χ2v) is 5.52. The summed E-state index contributed by atoms with van der Waals surface area (Å²) in [4.78, 5) is 4.61. The smallest absolute Gasteiger partial charge is 0.123 e. The van der Waals surface area contributed by atoms with E-state index in [0.29, 0.717) is 0 Å². The zero-order valence-electron chi connectivity index (χ0n) is 8.78. The van der Waals surface area contributed by atoms with Gasteiger partial charge in [-0.15, -0.1) is 11.3 Å². The van der Waals surface area contributed by atoms with Gasteiger partial charge in [0.05, 0.1) is 10.2 Å². The number of hydrogen-bond donors (Lipinski definition) is 0. The lowest BCUT2D eigenvalue weighted by atomic mass is 10.1. The van der Waals surface area contributed by atoms with Crippen LogP contribution in [0.2, 0.25) is 5.02 Å². The molecule has 1 atom stereocenters. The van der Waals surface area contributed by atoms with Gasteiger partial charge in [-0.05, 0) is 37.5 Å². The van der Waals surface area contributed by atoms with Crippen LogP contribution in [0.1, 0.15) is 30.4 Å². The number of nitrogens with zero attached hydrogens (tertiary/aromatic N) is 1. The molecule has 1 aliphatic rings. The summed E-state index contributed by atoms with van der Waals surface area (Å²) < 4.78 is 6.89. The monoisotopic (exact) mass is 253 g/mol. The summed E-state index contributed by atoms with van der Waals surface area (Å²) in [5.41, 5.74) is 1.03. The number of halogens is 1. The molecule has 0 spiro atoms. The Hall–Kier alpha value is -0.640. The van der Waals surface area contributed by atoms with Gasteiger partial charge in [0, 0.05) is 11.6 Å². The minimum Gasteiger partial charge on any atom is -0.371 e. The van der Waals surface area contributed by atoms with Crippen LogP contribution in [0.5, 0.6) is 0 Å². The molecule has 1 fully saturated rings. The third kappa shape index (κ3) is 1.95. The summed E-state index contributed by atoms with van der Waals surface area (Å²) >= 11 is 7.66. The van der Waals surface area contributed by atoms with E-state index in [-0.39, 0.29) is 6.10 Å². The number of aromatic nitrogens is 1. The van der Waals surface area contributed by atoms with Crippen LogP contribution in [0.4, 0.5) is 0 Å². The zero-order valence-corrected chi connectivity index (χ0v) is 10.4. The van der Waals surface area contributed by atoms with E-state index in [0.717, 1.165) is 33.3 Å². The highest BCUT2D eigenvalue weighted by Gasteiger charge is 2.19. The van der Waals surface area contributed by atoms with Crippen molar-refractivity contribution in [1.82, 2.24) is 4.98 Å². The molecule has 1 saturated heterocycles. The second kappa shape index (κ2) is 4.32. The number of ether oxygens (including phenoxy) is 1. The molecule has 1 unspecified atom stereocenters. The standard InChI is InChI=1S/C12H12ClNOS/c13-8-4-5-9-11(7-8)16-12(14-9)10-3-1-2-6-15-10/h4-5,7,10H,1-3,6H2. The highest BCUT2D eigenvalue weighted by atomic mass is 35.5. The topological polar surface area (TPSA) is 22.1 Å². The van der Waals surface area contributed by atoms with Crippen LogP contribution in [0, 0.1) is 0 Å². The van der Waals surface area contributed by atoms with Gasteiger partial charge in [-0.1, -0.05) is 11.6 Å². The molecule has 0 bridgehead atoms. The van der Waals surface area contributed by atoms with Gasteiger partial charge in [-0.25, -0.2) is 4.98 Å². The molecule has 1 aliphatic heterocycles. The van der Waals surface area contributed by atoms with E-state index < -0.39 is 0 Å². The van der Waals surface area contributed by atoms with Crippen LogP contribution in [-0.4, -0.2) is 11.6 Å². The van der Waals surface area contributed by atoms with Crippen molar-refractivity contribution in [3.05, 3.63) is 28.2 Å². The van der Waals surface area contributed by atoms with Crippen molar-refractivity contribution in [2.75, 3.05) is 6.61 Å². The van der Waals surface area contributed by atoms with Gasteiger partial charge in [0.1, 0.15) is 11.1 Å². The molecular formula is C12H12ClNOS. The van der Waals surface area contributed by atoms with E-state index in [1.165, 1.54) is 12.8 Å². The van der Waals surface area contributed by atoms with Crippen molar-refractivity contribution in [3.63, 3.8) is 0 Å². The van der Waals surface area contributed by atoms with Crippen molar-refractivity contribution in [2.24, 2.45) is 0 Å². The first-order valence-corrected chi connectivity index (χ1v) is 6.70. The van der Waals surface area contributed by atoms with Crippen LogP contribution >= 0.6 is 22.9 Å².